The van der Waals surface area contributed by atoms with Gasteiger partial charge in [0.15, 0.2) is 0 Å². The molecule has 2 aromatic rings. The van der Waals surface area contributed by atoms with Gasteiger partial charge in [-0.15, -0.1) is 0 Å². The van der Waals surface area contributed by atoms with Gasteiger partial charge in [0.25, 0.3) is 0 Å². The highest BCUT2D eigenvalue weighted by Crippen LogP contribution is 2.34. The van der Waals surface area contributed by atoms with E-state index in [9.17, 15) is 18.4 Å². The molecule has 1 aliphatic heterocycles. The highest BCUT2D eigenvalue weighted by atomic mass is 35.5. The summed E-state index contributed by atoms with van der Waals surface area (Å²) in [6, 6.07) is 8.85. The lowest BCUT2D eigenvalue weighted by Crippen LogP contribution is -2.33. The van der Waals surface area contributed by atoms with E-state index in [0.29, 0.717) is 11.6 Å². The van der Waals surface area contributed by atoms with Crippen LogP contribution in [-0.4, -0.2) is 35.3 Å². The average Bonchev–Trinajstić information content (AvgIpc) is 2.86. The SMILES string of the molecule is CN1C[C@H](c2ccc(Cl)cc2)[C@@H](C(=O)Nc2ccc(F)nc2F)C1=O. The second-order valence-corrected chi connectivity index (χ2v) is 6.25. The van der Waals surface area contributed by atoms with Gasteiger partial charge >= 0.3 is 0 Å². The Bertz CT molecular complexity index is 829. The van der Waals surface area contributed by atoms with Crippen LogP contribution in [0.3, 0.4) is 0 Å². The molecule has 1 aliphatic rings. The van der Waals surface area contributed by atoms with Crippen molar-refractivity contribution in [2.24, 2.45) is 5.92 Å². The molecule has 0 radical (unpaired) electrons. The number of hydrogen-bond donors (Lipinski definition) is 1. The summed E-state index contributed by atoms with van der Waals surface area (Å²) >= 11 is 5.88. The first-order valence-electron chi connectivity index (χ1n) is 7.50. The van der Waals surface area contributed by atoms with E-state index in [1.54, 1.807) is 31.3 Å². The monoisotopic (exact) mass is 365 g/mol. The van der Waals surface area contributed by atoms with Gasteiger partial charge in [0.2, 0.25) is 23.7 Å². The van der Waals surface area contributed by atoms with E-state index in [1.165, 1.54) is 4.90 Å². The fourth-order valence-corrected chi connectivity index (χ4v) is 3.04. The van der Waals surface area contributed by atoms with Crippen LogP contribution in [0.4, 0.5) is 14.5 Å². The van der Waals surface area contributed by atoms with E-state index < -0.39 is 29.6 Å². The van der Waals surface area contributed by atoms with Crippen molar-refractivity contribution in [1.82, 2.24) is 9.88 Å². The van der Waals surface area contributed by atoms with Crippen molar-refractivity contribution < 1.29 is 18.4 Å². The molecule has 1 aromatic carbocycles. The van der Waals surface area contributed by atoms with Crippen molar-refractivity contribution in [3.63, 3.8) is 0 Å². The van der Waals surface area contributed by atoms with Crippen molar-refractivity contribution >= 4 is 29.1 Å². The number of likely N-dealkylation sites (tertiary alicyclic amines) is 1. The number of anilines is 1. The van der Waals surface area contributed by atoms with Gasteiger partial charge in [-0.1, -0.05) is 23.7 Å². The van der Waals surface area contributed by atoms with Crippen LogP contribution in [0.2, 0.25) is 5.02 Å². The molecule has 130 valence electrons. The Labute approximate surface area is 147 Å². The molecule has 2 amide bonds. The predicted molar refractivity (Wildman–Crippen MR) is 88.1 cm³/mol. The van der Waals surface area contributed by atoms with Crippen LogP contribution in [-0.2, 0) is 9.59 Å². The van der Waals surface area contributed by atoms with Crippen molar-refractivity contribution in [1.29, 1.82) is 0 Å². The molecular weight excluding hydrogens is 352 g/mol. The van der Waals surface area contributed by atoms with E-state index >= 15 is 0 Å². The lowest BCUT2D eigenvalue weighted by Gasteiger charge is -2.17. The Kier molecular flexibility index (Phi) is 4.67. The second-order valence-electron chi connectivity index (χ2n) is 5.82. The molecule has 0 spiro atoms. The number of nitrogens with one attached hydrogen (secondary N) is 1. The zero-order valence-electron chi connectivity index (χ0n) is 13.2. The van der Waals surface area contributed by atoms with Gasteiger partial charge < -0.3 is 10.2 Å². The average molecular weight is 366 g/mol. The number of likely N-dealkylation sites (N-methyl/N-ethyl adjacent to an activating group) is 1. The molecule has 2 heterocycles. The maximum absolute atomic E-state index is 13.7. The third-order valence-electron chi connectivity index (χ3n) is 4.17. The molecule has 3 rings (SSSR count). The number of carbonyl (C=O) groups excluding carboxylic acids is 2. The maximum Gasteiger partial charge on any atom is 0.239 e. The Hall–Kier alpha value is -2.54. The van der Waals surface area contributed by atoms with E-state index in [4.69, 9.17) is 11.6 Å². The fraction of sp³-hybridized carbons (Fsp3) is 0.235. The summed E-state index contributed by atoms with van der Waals surface area (Å²) in [5, 5.41) is 2.87. The maximum atomic E-state index is 13.7. The third kappa shape index (κ3) is 3.46. The molecule has 1 aromatic heterocycles. The minimum atomic E-state index is -1.14. The highest BCUT2D eigenvalue weighted by molar-refractivity contribution is 6.30. The van der Waals surface area contributed by atoms with Crippen LogP contribution in [0.5, 0.6) is 0 Å². The largest absolute Gasteiger partial charge is 0.344 e. The first-order chi connectivity index (χ1) is 11.9. The second kappa shape index (κ2) is 6.76. The molecule has 0 bridgehead atoms. The van der Waals surface area contributed by atoms with E-state index in [2.05, 4.69) is 10.3 Å². The van der Waals surface area contributed by atoms with Gasteiger partial charge in [0.1, 0.15) is 5.92 Å². The van der Waals surface area contributed by atoms with Gasteiger partial charge in [0, 0.05) is 24.5 Å². The Morgan fingerprint density at radius 1 is 1.24 bits per heavy atom. The molecule has 0 unspecified atom stereocenters. The summed E-state index contributed by atoms with van der Waals surface area (Å²) in [4.78, 5) is 29.4. The topological polar surface area (TPSA) is 62.3 Å². The van der Waals surface area contributed by atoms with Crippen molar-refractivity contribution in [3.8, 4) is 0 Å². The van der Waals surface area contributed by atoms with Crippen molar-refractivity contribution in [3.05, 3.63) is 58.9 Å². The summed E-state index contributed by atoms with van der Waals surface area (Å²) in [6.45, 7) is 0.350. The molecule has 8 heteroatoms. The molecule has 0 aliphatic carbocycles. The van der Waals surface area contributed by atoms with Crippen LogP contribution >= 0.6 is 11.6 Å². The van der Waals surface area contributed by atoms with Crippen LogP contribution < -0.4 is 5.32 Å². The van der Waals surface area contributed by atoms with Gasteiger partial charge in [-0.2, -0.15) is 13.8 Å². The molecule has 0 saturated carbocycles. The van der Waals surface area contributed by atoms with Crippen LogP contribution in [0, 0.1) is 17.8 Å². The minimum absolute atomic E-state index is 0.274. The molecule has 5 nitrogen and oxygen atoms in total. The predicted octanol–water partition coefficient (Wildman–Crippen LogP) is 2.82. The van der Waals surface area contributed by atoms with Crippen LogP contribution in [0.25, 0.3) is 0 Å². The standard InChI is InChI=1S/C17H14ClF2N3O2/c1-23-8-11(9-2-4-10(18)5-3-9)14(17(23)25)16(24)21-12-6-7-13(19)22-15(12)20/h2-7,11,14H,8H2,1H3,(H,21,24)/t11-,14+/m1/s1. The number of amides is 2. The molecule has 1 fully saturated rings. The van der Waals surface area contributed by atoms with Crippen LogP contribution in [0.1, 0.15) is 11.5 Å². The summed E-state index contributed by atoms with van der Waals surface area (Å²) in [6.07, 6.45) is 0. The lowest BCUT2D eigenvalue weighted by molar-refractivity contribution is -0.135. The number of nitrogens with zero attached hydrogens (tertiary/aromatic N) is 2. The Morgan fingerprint density at radius 2 is 1.92 bits per heavy atom. The van der Waals surface area contributed by atoms with Gasteiger partial charge in [-0.3, -0.25) is 9.59 Å². The number of halogens is 3. The number of benzene rings is 1. The molecule has 25 heavy (non-hydrogen) atoms. The molecule has 1 N–H and O–H groups in total. The zero-order chi connectivity index (χ0) is 18.1. The number of rotatable bonds is 3. The Balaban J connectivity index is 1.87. The van der Waals surface area contributed by atoms with E-state index in [1.807, 2.05) is 0 Å². The number of aromatic nitrogens is 1. The number of hydrogen-bond acceptors (Lipinski definition) is 3. The third-order valence-corrected chi connectivity index (χ3v) is 4.42. The molecule has 1 saturated heterocycles. The Morgan fingerprint density at radius 3 is 2.56 bits per heavy atom. The number of carbonyl (C=O) groups is 2. The fourth-order valence-electron chi connectivity index (χ4n) is 2.92. The summed E-state index contributed by atoms with van der Waals surface area (Å²) in [5.74, 6) is -4.59. The smallest absolute Gasteiger partial charge is 0.239 e. The summed E-state index contributed by atoms with van der Waals surface area (Å²) in [5.41, 5.74) is 0.503. The van der Waals surface area contributed by atoms with Gasteiger partial charge in [0.05, 0.1) is 5.69 Å². The zero-order valence-corrected chi connectivity index (χ0v) is 13.9. The van der Waals surface area contributed by atoms with Gasteiger partial charge in [-0.25, -0.2) is 0 Å². The first kappa shape index (κ1) is 17.3. The number of pyridine rings is 1. The highest BCUT2D eigenvalue weighted by Gasteiger charge is 2.44. The first-order valence-corrected chi connectivity index (χ1v) is 7.88. The molecule has 2 atom stereocenters. The van der Waals surface area contributed by atoms with Crippen LogP contribution in [0.15, 0.2) is 36.4 Å². The van der Waals surface area contributed by atoms with E-state index in [-0.39, 0.29) is 11.6 Å². The normalized spacial score (nSPS) is 20.0. The minimum Gasteiger partial charge on any atom is -0.344 e. The summed E-state index contributed by atoms with van der Waals surface area (Å²) in [7, 11) is 1.60. The van der Waals surface area contributed by atoms with Crippen molar-refractivity contribution in [2.75, 3.05) is 18.9 Å². The summed E-state index contributed by atoms with van der Waals surface area (Å²) < 4.78 is 26.5. The quantitative estimate of drug-likeness (QED) is 0.672. The molecular formula is C17H14ClF2N3O2. The van der Waals surface area contributed by atoms with Crippen molar-refractivity contribution in [2.45, 2.75) is 5.92 Å². The van der Waals surface area contributed by atoms with Gasteiger partial charge in [-0.05, 0) is 29.8 Å². The van der Waals surface area contributed by atoms with E-state index in [0.717, 1.165) is 17.7 Å². The lowest BCUT2D eigenvalue weighted by atomic mass is 9.88.